The molecule has 3 aromatic carbocycles. The minimum absolute atomic E-state index is 0.0140. The summed E-state index contributed by atoms with van der Waals surface area (Å²) in [5.74, 6) is -0.931. The molecule has 0 bridgehead atoms. The van der Waals surface area contributed by atoms with E-state index >= 15 is 0 Å². The first-order valence-electron chi connectivity index (χ1n) is 9.99. The summed E-state index contributed by atoms with van der Waals surface area (Å²) < 4.78 is 13.3. The summed E-state index contributed by atoms with van der Waals surface area (Å²) in [6.45, 7) is 0.272. The Labute approximate surface area is 204 Å². The number of carbonyl (C=O) groups is 2. The number of benzene rings is 3. The number of nitrogens with zero attached hydrogens (tertiary/aromatic N) is 2. The van der Waals surface area contributed by atoms with Crippen LogP contribution in [0.2, 0.25) is 10.0 Å². The minimum Gasteiger partial charge on any atom is -0.325 e. The Morgan fingerprint density at radius 2 is 1.61 bits per heavy atom. The molecule has 1 heterocycles. The Balaban J connectivity index is 1.59. The highest BCUT2D eigenvalue weighted by molar-refractivity contribution is 8.15. The molecule has 33 heavy (non-hydrogen) atoms. The number of nitrogens with one attached hydrogen (secondary N) is 1. The molecule has 1 unspecified atom stereocenters. The van der Waals surface area contributed by atoms with Gasteiger partial charge in [0, 0.05) is 22.2 Å². The first-order chi connectivity index (χ1) is 15.9. The molecule has 9 heteroatoms. The van der Waals surface area contributed by atoms with Crippen LogP contribution in [0.5, 0.6) is 0 Å². The monoisotopic (exact) mass is 501 g/mol. The van der Waals surface area contributed by atoms with E-state index in [9.17, 15) is 14.0 Å². The maximum absolute atomic E-state index is 13.3. The molecule has 3 aromatic rings. The largest absolute Gasteiger partial charge is 0.325 e. The number of rotatable bonds is 5. The van der Waals surface area contributed by atoms with E-state index in [1.165, 1.54) is 40.9 Å². The van der Waals surface area contributed by atoms with Gasteiger partial charge in [-0.05, 0) is 66.2 Å². The molecule has 1 fully saturated rings. The Bertz CT molecular complexity index is 1190. The van der Waals surface area contributed by atoms with Crippen LogP contribution in [0.25, 0.3) is 0 Å². The fourth-order valence-corrected chi connectivity index (χ4v) is 4.50. The van der Waals surface area contributed by atoms with Gasteiger partial charge < -0.3 is 5.32 Å². The van der Waals surface area contributed by atoms with Gasteiger partial charge in [0.1, 0.15) is 11.1 Å². The van der Waals surface area contributed by atoms with Gasteiger partial charge in [-0.25, -0.2) is 9.38 Å². The highest BCUT2D eigenvalue weighted by atomic mass is 35.5. The van der Waals surface area contributed by atoms with E-state index in [1.54, 1.807) is 36.4 Å². The first kappa shape index (κ1) is 23.3. The summed E-state index contributed by atoms with van der Waals surface area (Å²) in [6, 6.07) is 19.5. The van der Waals surface area contributed by atoms with E-state index in [4.69, 9.17) is 23.2 Å². The predicted octanol–water partition coefficient (Wildman–Crippen LogP) is 6.29. The van der Waals surface area contributed by atoms with Crippen molar-refractivity contribution in [1.82, 2.24) is 4.90 Å². The molecular weight excluding hydrogens is 484 g/mol. The molecule has 1 atom stereocenters. The van der Waals surface area contributed by atoms with Gasteiger partial charge in [-0.1, -0.05) is 47.1 Å². The van der Waals surface area contributed by atoms with Crippen molar-refractivity contribution in [1.29, 1.82) is 0 Å². The fraction of sp³-hybridized carbons (Fsp3) is 0.125. The third-order valence-electron chi connectivity index (χ3n) is 4.85. The van der Waals surface area contributed by atoms with Crippen molar-refractivity contribution >= 4 is 63.3 Å². The average Bonchev–Trinajstić information content (AvgIpc) is 2.80. The molecule has 0 radical (unpaired) electrons. The number of amidine groups is 1. The van der Waals surface area contributed by atoms with E-state index in [1.807, 2.05) is 12.1 Å². The molecule has 2 amide bonds. The molecular formula is C24H18Cl2FN3O2S. The minimum atomic E-state index is -0.672. The molecule has 1 aliphatic heterocycles. The van der Waals surface area contributed by atoms with Crippen LogP contribution in [0.1, 0.15) is 12.0 Å². The van der Waals surface area contributed by atoms with E-state index in [-0.39, 0.29) is 30.6 Å². The van der Waals surface area contributed by atoms with Crippen LogP contribution in [0.15, 0.2) is 77.8 Å². The molecule has 5 nitrogen and oxygen atoms in total. The summed E-state index contributed by atoms with van der Waals surface area (Å²) in [7, 11) is 0. The second-order valence-corrected chi connectivity index (χ2v) is 9.33. The Hall–Kier alpha value is -2.87. The van der Waals surface area contributed by atoms with Crippen molar-refractivity contribution in [2.24, 2.45) is 4.99 Å². The third kappa shape index (κ3) is 6.13. The number of aliphatic imine (C=N–C) groups is 1. The van der Waals surface area contributed by atoms with Crippen molar-refractivity contribution in [2.75, 3.05) is 5.32 Å². The number of amides is 2. The number of hydrogen-bond acceptors (Lipinski definition) is 4. The lowest BCUT2D eigenvalue weighted by atomic mass is 10.2. The van der Waals surface area contributed by atoms with Crippen LogP contribution >= 0.6 is 35.0 Å². The summed E-state index contributed by atoms with van der Waals surface area (Å²) in [4.78, 5) is 32.1. The Morgan fingerprint density at radius 1 is 1.00 bits per heavy atom. The van der Waals surface area contributed by atoms with Gasteiger partial charge >= 0.3 is 0 Å². The first-order valence-corrected chi connectivity index (χ1v) is 11.6. The molecule has 1 saturated heterocycles. The second-order valence-electron chi connectivity index (χ2n) is 7.28. The van der Waals surface area contributed by atoms with E-state index in [2.05, 4.69) is 10.3 Å². The van der Waals surface area contributed by atoms with Crippen LogP contribution < -0.4 is 5.32 Å². The van der Waals surface area contributed by atoms with Crippen molar-refractivity contribution < 1.29 is 14.0 Å². The second kappa shape index (κ2) is 10.4. The fourth-order valence-electron chi connectivity index (χ4n) is 3.15. The number of carbonyl (C=O) groups excluding carboxylic acids is 2. The van der Waals surface area contributed by atoms with Gasteiger partial charge in [-0.15, -0.1) is 0 Å². The lowest BCUT2D eigenvalue weighted by molar-refractivity contribution is -0.129. The maximum atomic E-state index is 13.3. The standard InChI is InChI=1S/C24H18Cl2FN3O2S/c25-16-3-1-15(2-4-16)14-30-22(31)13-21(23(32)28-19-9-5-17(26)6-10-19)33-24(30)29-20-11-7-18(27)8-12-20/h1-12,21H,13-14H2,(H,28,32). The number of halogens is 3. The van der Waals surface area contributed by atoms with Gasteiger partial charge in [0.15, 0.2) is 5.17 Å². The lowest BCUT2D eigenvalue weighted by Crippen LogP contribution is -2.44. The van der Waals surface area contributed by atoms with Crippen LogP contribution in [0, 0.1) is 5.82 Å². The van der Waals surface area contributed by atoms with Crippen LogP contribution in [0.4, 0.5) is 15.8 Å². The van der Waals surface area contributed by atoms with Gasteiger partial charge in [0.25, 0.3) is 0 Å². The molecule has 0 spiro atoms. The zero-order chi connectivity index (χ0) is 23.4. The van der Waals surface area contributed by atoms with Crippen molar-refractivity contribution in [3.05, 3.63) is 94.2 Å². The van der Waals surface area contributed by atoms with Crippen LogP contribution in [-0.2, 0) is 16.1 Å². The van der Waals surface area contributed by atoms with E-state index < -0.39 is 5.25 Å². The van der Waals surface area contributed by atoms with Crippen molar-refractivity contribution in [3.63, 3.8) is 0 Å². The topological polar surface area (TPSA) is 61.8 Å². The van der Waals surface area contributed by atoms with E-state index in [0.29, 0.717) is 26.6 Å². The molecule has 1 aliphatic rings. The van der Waals surface area contributed by atoms with Crippen molar-refractivity contribution in [2.45, 2.75) is 18.2 Å². The van der Waals surface area contributed by atoms with Gasteiger partial charge in [0.2, 0.25) is 11.8 Å². The molecule has 0 aliphatic carbocycles. The number of anilines is 1. The van der Waals surface area contributed by atoms with Gasteiger partial charge in [-0.2, -0.15) is 0 Å². The van der Waals surface area contributed by atoms with E-state index in [0.717, 1.165) is 5.56 Å². The molecule has 1 N–H and O–H groups in total. The number of hydrogen-bond donors (Lipinski definition) is 1. The SMILES string of the molecule is O=C(Nc1ccc(Cl)cc1)C1CC(=O)N(Cc2ccc(Cl)cc2)C(=Nc2ccc(F)cc2)S1. The predicted molar refractivity (Wildman–Crippen MR) is 132 cm³/mol. The Kier molecular flexibility index (Phi) is 7.33. The number of thioether (sulfide) groups is 1. The highest BCUT2D eigenvalue weighted by Gasteiger charge is 2.36. The summed E-state index contributed by atoms with van der Waals surface area (Å²) in [6.07, 6.45) is 0.0140. The summed E-state index contributed by atoms with van der Waals surface area (Å²) in [5, 5.41) is 3.66. The van der Waals surface area contributed by atoms with Crippen LogP contribution in [-0.4, -0.2) is 27.1 Å². The third-order valence-corrected chi connectivity index (χ3v) is 6.54. The van der Waals surface area contributed by atoms with Crippen molar-refractivity contribution in [3.8, 4) is 0 Å². The quantitative estimate of drug-likeness (QED) is 0.446. The lowest BCUT2D eigenvalue weighted by Gasteiger charge is -2.32. The van der Waals surface area contributed by atoms with Gasteiger partial charge in [-0.3, -0.25) is 14.5 Å². The van der Waals surface area contributed by atoms with Crippen LogP contribution in [0.3, 0.4) is 0 Å². The summed E-state index contributed by atoms with van der Waals surface area (Å²) in [5.41, 5.74) is 1.92. The summed E-state index contributed by atoms with van der Waals surface area (Å²) >= 11 is 13.1. The van der Waals surface area contributed by atoms with Gasteiger partial charge in [0.05, 0.1) is 12.2 Å². The zero-order valence-corrected chi connectivity index (χ0v) is 19.5. The molecule has 4 rings (SSSR count). The molecule has 0 aromatic heterocycles. The average molecular weight is 502 g/mol. The maximum Gasteiger partial charge on any atom is 0.238 e. The highest BCUT2D eigenvalue weighted by Crippen LogP contribution is 2.31. The zero-order valence-electron chi connectivity index (χ0n) is 17.2. The normalized spacial score (nSPS) is 17.3. The molecule has 168 valence electrons. The smallest absolute Gasteiger partial charge is 0.238 e. The Morgan fingerprint density at radius 3 is 2.24 bits per heavy atom. The molecule has 0 saturated carbocycles.